The Morgan fingerprint density at radius 2 is 1.72 bits per heavy atom. The number of nitrogens with zero attached hydrogens (tertiary/aromatic N) is 1. The lowest BCUT2D eigenvalue weighted by Crippen LogP contribution is -2.52. The van der Waals surface area contributed by atoms with Crippen molar-refractivity contribution in [1.29, 1.82) is 0 Å². The van der Waals surface area contributed by atoms with Crippen LogP contribution in [0.5, 0.6) is 17.2 Å². The molecule has 1 fully saturated rings. The Kier molecular flexibility index (Phi) is 4.39. The minimum Gasteiger partial charge on any atom is -0.486 e. The highest BCUT2D eigenvalue weighted by molar-refractivity contribution is 6.30. The van der Waals surface area contributed by atoms with Gasteiger partial charge in [0, 0.05) is 36.5 Å². The van der Waals surface area contributed by atoms with Crippen molar-refractivity contribution in [3.05, 3.63) is 52.5 Å². The van der Waals surface area contributed by atoms with Gasteiger partial charge < -0.3 is 19.1 Å². The lowest BCUT2D eigenvalue weighted by molar-refractivity contribution is -0.00571. The van der Waals surface area contributed by atoms with Gasteiger partial charge in [0.05, 0.1) is 12.0 Å². The zero-order valence-corrected chi connectivity index (χ0v) is 16.5. The minimum atomic E-state index is -0.571. The van der Waals surface area contributed by atoms with Gasteiger partial charge >= 0.3 is 0 Å². The van der Waals surface area contributed by atoms with Crippen molar-refractivity contribution < 1.29 is 23.8 Å². The van der Waals surface area contributed by atoms with E-state index in [-0.39, 0.29) is 11.7 Å². The molecular formula is C22H20ClNO5. The van der Waals surface area contributed by atoms with Crippen molar-refractivity contribution in [3.8, 4) is 17.2 Å². The summed E-state index contributed by atoms with van der Waals surface area (Å²) in [6, 6.07) is 10.4. The van der Waals surface area contributed by atoms with Crippen LogP contribution in [0.1, 0.15) is 40.0 Å². The number of likely N-dealkylation sites (tertiary alicyclic amines) is 1. The number of ketones is 1. The molecule has 1 spiro atoms. The van der Waals surface area contributed by atoms with Crippen LogP contribution in [-0.2, 0) is 0 Å². The Hall–Kier alpha value is -2.73. The minimum absolute atomic E-state index is 0.0533. The van der Waals surface area contributed by atoms with Crippen LogP contribution in [0, 0.1) is 0 Å². The van der Waals surface area contributed by atoms with Gasteiger partial charge in [0.25, 0.3) is 5.91 Å². The number of benzene rings is 2. The molecule has 3 aliphatic rings. The number of ether oxygens (including phenoxy) is 3. The molecule has 0 atom stereocenters. The van der Waals surface area contributed by atoms with E-state index in [4.69, 9.17) is 25.8 Å². The molecule has 5 rings (SSSR count). The molecule has 6 nitrogen and oxygen atoms in total. The Morgan fingerprint density at radius 3 is 2.52 bits per heavy atom. The fraction of sp³-hybridized carbons (Fsp3) is 0.364. The van der Waals surface area contributed by atoms with Crippen LogP contribution in [0.15, 0.2) is 36.4 Å². The quantitative estimate of drug-likeness (QED) is 0.712. The van der Waals surface area contributed by atoms with Crippen LogP contribution >= 0.6 is 11.6 Å². The van der Waals surface area contributed by atoms with E-state index in [1.807, 2.05) is 0 Å². The maximum absolute atomic E-state index is 13.0. The van der Waals surface area contributed by atoms with Gasteiger partial charge in [-0.3, -0.25) is 9.59 Å². The van der Waals surface area contributed by atoms with Gasteiger partial charge in [-0.15, -0.1) is 0 Å². The highest BCUT2D eigenvalue weighted by atomic mass is 35.5. The zero-order chi connectivity index (χ0) is 20.0. The van der Waals surface area contributed by atoms with E-state index in [1.54, 1.807) is 41.3 Å². The molecule has 0 bridgehead atoms. The fourth-order valence-corrected chi connectivity index (χ4v) is 4.39. The van der Waals surface area contributed by atoms with Crippen LogP contribution in [0.3, 0.4) is 0 Å². The lowest BCUT2D eigenvalue weighted by Gasteiger charge is -2.44. The van der Waals surface area contributed by atoms with Gasteiger partial charge in [0.1, 0.15) is 24.6 Å². The summed E-state index contributed by atoms with van der Waals surface area (Å²) in [6.45, 7) is 2.04. The summed E-state index contributed by atoms with van der Waals surface area (Å²) in [7, 11) is 0. The maximum atomic E-state index is 13.0. The predicted octanol–water partition coefficient (Wildman–Crippen LogP) is 3.75. The molecule has 0 radical (unpaired) electrons. The molecule has 0 aromatic heterocycles. The first-order chi connectivity index (χ1) is 14.0. The summed E-state index contributed by atoms with van der Waals surface area (Å²) in [5, 5.41) is 0.542. The van der Waals surface area contributed by atoms with Gasteiger partial charge in [0.2, 0.25) is 0 Å². The molecule has 3 heterocycles. The van der Waals surface area contributed by atoms with Crippen molar-refractivity contribution in [3.63, 3.8) is 0 Å². The first kappa shape index (κ1) is 18.3. The average Bonchev–Trinajstić information content (AvgIpc) is 2.73. The van der Waals surface area contributed by atoms with Crippen LogP contribution in [0.4, 0.5) is 0 Å². The number of hydrogen-bond acceptors (Lipinski definition) is 5. The predicted molar refractivity (Wildman–Crippen MR) is 106 cm³/mol. The Bertz CT molecular complexity index is 997. The van der Waals surface area contributed by atoms with E-state index >= 15 is 0 Å². The molecule has 1 amide bonds. The SMILES string of the molecule is O=C1CC2(CCN(C(=O)c3ccc4c(c3)OCCO4)CC2)Oc2cc(Cl)ccc21. The molecule has 2 aromatic rings. The first-order valence-electron chi connectivity index (χ1n) is 9.74. The second-order valence-corrected chi connectivity index (χ2v) is 8.11. The number of amides is 1. The van der Waals surface area contributed by atoms with E-state index in [0.29, 0.717) is 79.0 Å². The summed E-state index contributed by atoms with van der Waals surface area (Å²) in [6.07, 6.45) is 1.52. The second kappa shape index (κ2) is 6.95. The monoisotopic (exact) mass is 413 g/mol. The molecule has 29 heavy (non-hydrogen) atoms. The van der Waals surface area contributed by atoms with E-state index in [1.165, 1.54) is 0 Å². The maximum Gasteiger partial charge on any atom is 0.253 e. The third kappa shape index (κ3) is 3.31. The third-order valence-electron chi connectivity index (χ3n) is 5.80. The van der Waals surface area contributed by atoms with Gasteiger partial charge in [0.15, 0.2) is 17.3 Å². The summed E-state index contributed by atoms with van der Waals surface area (Å²) >= 11 is 6.07. The van der Waals surface area contributed by atoms with E-state index in [0.717, 1.165) is 0 Å². The topological polar surface area (TPSA) is 65.1 Å². The molecule has 150 valence electrons. The first-order valence-corrected chi connectivity index (χ1v) is 10.1. The number of carbonyl (C=O) groups excluding carboxylic acids is 2. The van der Waals surface area contributed by atoms with Crippen molar-refractivity contribution in [1.82, 2.24) is 4.90 Å². The summed E-state index contributed by atoms with van der Waals surface area (Å²) in [5.41, 5.74) is 0.580. The van der Waals surface area contributed by atoms with Crippen LogP contribution in [-0.4, -0.2) is 48.5 Å². The Balaban J connectivity index is 1.30. The summed E-state index contributed by atoms with van der Waals surface area (Å²) in [5.74, 6) is 1.82. The summed E-state index contributed by atoms with van der Waals surface area (Å²) < 4.78 is 17.3. The van der Waals surface area contributed by atoms with Crippen LogP contribution in [0.25, 0.3) is 0 Å². The molecule has 3 aliphatic heterocycles. The standard InChI is InChI=1S/C22H20ClNO5/c23-15-2-3-16-17(25)13-22(29-19(16)12-15)5-7-24(8-6-22)21(26)14-1-4-18-20(11-14)28-10-9-27-18/h1-4,11-12H,5-10,13H2. The van der Waals surface area contributed by atoms with Crippen molar-refractivity contribution >= 4 is 23.3 Å². The molecule has 2 aromatic carbocycles. The number of rotatable bonds is 1. The number of halogens is 1. The molecule has 0 aliphatic carbocycles. The zero-order valence-electron chi connectivity index (χ0n) is 15.8. The summed E-state index contributed by atoms with van der Waals surface area (Å²) in [4.78, 5) is 27.4. The molecule has 7 heteroatoms. The molecule has 1 saturated heterocycles. The number of hydrogen-bond donors (Lipinski definition) is 0. The van der Waals surface area contributed by atoms with Crippen molar-refractivity contribution in [2.45, 2.75) is 24.9 Å². The molecule has 0 unspecified atom stereocenters. The van der Waals surface area contributed by atoms with Crippen molar-refractivity contribution in [2.24, 2.45) is 0 Å². The number of fused-ring (bicyclic) bond motifs is 2. The number of Topliss-reactive ketones (excluding diaryl/α,β-unsaturated/α-hetero) is 1. The number of carbonyl (C=O) groups is 2. The van der Waals surface area contributed by atoms with Crippen molar-refractivity contribution in [2.75, 3.05) is 26.3 Å². The van der Waals surface area contributed by atoms with Crippen LogP contribution < -0.4 is 14.2 Å². The van der Waals surface area contributed by atoms with Crippen LogP contribution in [0.2, 0.25) is 5.02 Å². The average molecular weight is 414 g/mol. The van der Waals surface area contributed by atoms with Gasteiger partial charge in [-0.1, -0.05) is 11.6 Å². The smallest absolute Gasteiger partial charge is 0.253 e. The largest absolute Gasteiger partial charge is 0.486 e. The van der Waals surface area contributed by atoms with Gasteiger partial charge in [-0.05, 0) is 36.4 Å². The molecular weight excluding hydrogens is 394 g/mol. The molecule has 0 N–H and O–H groups in total. The molecule has 0 saturated carbocycles. The highest BCUT2D eigenvalue weighted by Crippen LogP contribution is 2.40. The van der Waals surface area contributed by atoms with E-state index in [9.17, 15) is 9.59 Å². The fourth-order valence-electron chi connectivity index (χ4n) is 4.22. The highest BCUT2D eigenvalue weighted by Gasteiger charge is 2.43. The lowest BCUT2D eigenvalue weighted by atomic mass is 9.82. The second-order valence-electron chi connectivity index (χ2n) is 7.68. The Morgan fingerprint density at radius 1 is 0.966 bits per heavy atom. The number of piperidine rings is 1. The third-order valence-corrected chi connectivity index (χ3v) is 6.04. The van der Waals surface area contributed by atoms with Gasteiger partial charge in [-0.25, -0.2) is 0 Å². The van der Waals surface area contributed by atoms with Gasteiger partial charge in [-0.2, -0.15) is 0 Å². The Labute approximate surface area is 173 Å². The normalized spacial score (nSPS) is 19.5. The van der Waals surface area contributed by atoms with E-state index < -0.39 is 5.60 Å². The van der Waals surface area contributed by atoms with E-state index in [2.05, 4.69) is 0 Å².